The SMILES string of the molecule is CP(C)(=O)CN1CCN(C[C-]=O)CCN(C[C-]=O)CCN(C[C-]=O)CC1.[Y].[Y].[Y]. The van der Waals surface area contributed by atoms with E-state index in [1.807, 2.05) is 33.6 Å². The van der Waals surface area contributed by atoms with E-state index in [9.17, 15) is 18.9 Å². The van der Waals surface area contributed by atoms with Gasteiger partial charge in [-0.15, -0.1) is 0 Å². The van der Waals surface area contributed by atoms with Gasteiger partial charge in [-0.3, -0.25) is 4.90 Å². The third-order valence-electron chi connectivity index (χ3n) is 4.33. The fourth-order valence-corrected chi connectivity index (χ4v) is 4.20. The molecule has 1 aliphatic rings. The molecule has 0 aromatic heterocycles. The first-order valence-electron chi connectivity index (χ1n) is 8.86. The maximum Gasteiger partial charge on any atom is 0.0951 e. The summed E-state index contributed by atoms with van der Waals surface area (Å²) in [5.74, 6) is 0. The Morgan fingerprint density at radius 2 is 0.828 bits per heavy atom. The first kappa shape index (κ1) is 36.0. The average Bonchev–Trinajstić information content (AvgIpc) is 2.56. The Morgan fingerprint density at radius 3 is 1.03 bits per heavy atom. The van der Waals surface area contributed by atoms with Crippen molar-refractivity contribution in [2.45, 2.75) is 0 Å². The van der Waals surface area contributed by atoms with Crippen LogP contribution in [0.2, 0.25) is 0 Å². The second kappa shape index (κ2) is 21.0. The Bertz CT molecular complexity index is 473. The van der Waals surface area contributed by atoms with E-state index in [4.69, 9.17) is 0 Å². The van der Waals surface area contributed by atoms with Crippen LogP contribution in [-0.4, -0.2) is 130 Å². The quantitative estimate of drug-likeness (QED) is 0.247. The molecule has 1 heterocycles. The van der Waals surface area contributed by atoms with Gasteiger partial charge in [-0.2, -0.15) is 0 Å². The molecular weight excluding hydrogens is 622 g/mol. The molecule has 1 rings (SSSR count). The van der Waals surface area contributed by atoms with E-state index in [0.29, 0.717) is 58.6 Å². The third-order valence-corrected chi connectivity index (χ3v) is 5.42. The van der Waals surface area contributed by atoms with Crippen molar-refractivity contribution in [3.63, 3.8) is 0 Å². The molecule has 0 saturated carbocycles. The normalized spacial score (nSPS) is 18.7. The van der Waals surface area contributed by atoms with Crippen molar-refractivity contribution in [3.8, 4) is 0 Å². The fourth-order valence-electron chi connectivity index (χ4n) is 2.95. The summed E-state index contributed by atoms with van der Waals surface area (Å²) in [4.78, 5) is 40.5. The molecule has 8 nitrogen and oxygen atoms in total. The van der Waals surface area contributed by atoms with E-state index < -0.39 is 7.14 Å². The van der Waals surface area contributed by atoms with Gasteiger partial charge in [-0.25, -0.2) is 18.9 Å². The molecular formula is C17H30N4O4PY3-3. The van der Waals surface area contributed by atoms with Gasteiger partial charge in [0, 0.05) is 150 Å². The van der Waals surface area contributed by atoms with Crippen LogP contribution in [0.5, 0.6) is 0 Å². The molecule has 159 valence electrons. The molecule has 1 aliphatic heterocycles. The van der Waals surface area contributed by atoms with Gasteiger partial charge in [0.05, 0.1) is 13.4 Å². The van der Waals surface area contributed by atoms with E-state index in [2.05, 4.69) is 4.90 Å². The topological polar surface area (TPSA) is 81.2 Å². The minimum atomic E-state index is -2.22. The summed E-state index contributed by atoms with van der Waals surface area (Å²) >= 11 is 0. The van der Waals surface area contributed by atoms with Gasteiger partial charge in [0.25, 0.3) is 0 Å². The van der Waals surface area contributed by atoms with E-state index in [-0.39, 0.29) is 118 Å². The summed E-state index contributed by atoms with van der Waals surface area (Å²) in [5.41, 5.74) is 0. The van der Waals surface area contributed by atoms with Crippen LogP contribution >= 0.6 is 7.14 Å². The predicted molar refractivity (Wildman–Crippen MR) is 102 cm³/mol. The van der Waals surface area contributed by atoms with Gasteiger partial charge in [-0.1, -0.05) is 19.6 Å². The molecule has 1 saturated heterocycles. The minimum absolute atomic E-state index is 0. The van der Waals surface area contributed by atoms with E-state index >= 15 is 0 Å². The molecule has 0 aromatic carbocycles. The molecule has 0 bridgehead atoms. The van der Waals surface area contributed by atoms with Gasteiger partial charge in [0.15, 0.2) is 0 Å². The number of hydrogen-bond acceptors (Lipinski definition) is 8. The number of hydrogen-bond donors (Lipinski definition) is 0. The average molecular weight is 652 g/mol. The molecule has 0 aliphatic carbocycles. The molecule has 29 heavy (non-hydrogen) atoms. The fraction of sp³-hybridized carbons (Fsp3) is 0.824. The zero-order valence-electron chi connectivity index (χ0n) is 17.6. The number of rotatable bonds is 8. The summed E-state index contributed by atoms with van der Waals surface area (Å²) in [6.45, 7) is 9.42. The van der Waals surface area contributed by atoms with E-state index in [1.165, 1.54) is 0 Å². The van der Waals surface area contributed by atoms with Crippen molar-refractivity contribution >= 4 is 26.0 Å². The van der Waals surface area contributed by atoms with Crippen molar-refractivity contribution < 1.29 is 117 Å². The Kier molecular flexibility index (Phi) is 26.0. The van der Waals surface area contributed by atoms with Crippen molar-refractivity contribution in [1.82, 2.24) is 19.6 Å². The van der Waals surface area contributed by atoms with E-state index in [1.54, 1.807) is 13.3 Å². The Hall–Kier alpha value is 2.39. The van der Waals surface area contributed by atoms with Crippen LogP contribution in [0.1, 0.15) is 0 Å². The maximum absolute atomic E-state index is 12.3. The molecule has 0 atom stereocenters. The molecule has 0 unspecified atom stereocenters. The van der Waals surface area contributed by atoms with Crippen LogP contribution in [0.25, 0.3) is 0 Å². The number of nitrogens with zero attached hydrogens (tertiary/aromatic N) is 4. The summed E-state index contributed by atoms with van der Waals surface area (Å²) in [7, 11) is -2.22. The van der Waals surface area contributed by atoms with Crippen LogP contribution in [0.4, 0.5) is 0 Å². The Balaban J connectivity index is -0.00000225. The molecule has 0 aromatic rings. The van der Waals surface area contributed by atoms with Crippen LogP contribution in [0.3, 0.4) is 0 Å². The zero-order chi connectivity index (χ0) is 19.4. The standard InChI is InChI=1S/C17H30N4O4P.3Y/c1-26(2,25)17-21-9-7-19(12-15-23)5-3-18(11-14-22)4-6-20(8-10-21)13-16-24;;;/h3-13,17H2,1-2H3;;;/q-3;;;. The van der Waals surface area contributed by atoms with Crippen LogP contribution in [0.15, 0.2) is 0 Å². The zero-order valence-corrected chi connectivity index (χ0v) is 27.0. The largest absolute Gasteiger partial charge is 0.541 e. The number of carbonyl (C=O) groups excluding carboxylic acids is 3. The maximum atomic E-state index is 12.3. The summed E-state index contributed by atoms with van der Waals surface area (Å²) in [6, 6.07) is 0. The van der Waals surface area contributed by atoms with Crippen LogP contribution < -0.4 is 0 Å². The van der Waals surface area contributed by atoms with Crippen molar-refractivity contribution in [3.05, 3.63) is 0 Å². The third kappa shape index (κ3) is 18.5. The Labute approximate surface area is 251 Å². The van der Waals surface area contributed by atoms with Gasteiger partial charge < -0.3 is 33.6 Å². The van der Waals surface area contributed by atoms with E-state index in [0.717, 1.165) is 0 Å². The summed E-state index contributed by atoms with van der Waals surface area (Å²) in [6.07, 6.45) is 6.31. The van der Waals surface area contributed by atoms with Crippen LogP contribution in [-0.2, 0) is 117 Å². The monoisotopic (exact) mass is 652 g/mol. The first-order chi connectivity index (χ1) is 12.4. The van der Waals surface area contributed by atoms with Gasteiger partial charge >= 0.3 is 0 Å². The van der Waals surface area contributed by atoms with Gasteiger partial charge in [0.1, 0.15) is 0 Å². The summed E-state index contributed by atoms with van der Waals surface area (Å²) in [5, 5.41) is 0. The molecule has 3 radical (unpaired) electrons. The van der Waals surface area contributed by atoms with Gasteiger partial charge in [0.2, 0.25) is 0 Å². The second-order valence-electron chi connectivity index (χ2n) is 7.09. The van der Waals surface area contributed by atoms with Crippen LogP contribution in [0, 0.1) is 0 Å². The first-order valence-corrected chi connectivity index (χ1v) is 11.6. The van der Waals surface area contributed by atoms with Crippen molar-refractivity contribution in [1.29, 1.82) is 0 Å². The van der Waals surface area contributed by atoms with Crippen molar-refractivity contribution in [2.24, 2.45) is 0 Å². The molecule has 1 fully saturated rings. The Morgan fingerprint density at radius 1 is 0.586 bits per heavy atom. The molecule has 12 heteroatoms. The van der Waals surface area contributed by atoms with Gasteiger partial charge in [-0.05, 0) is 13.3 Å². The molecule has 0 N–H and O–H groups in total. The molecule has 0 spiro atoms. The smallest absolute Gasteiger partial charge is 0.0951 e. The molecule has 0 amide bonds. The van der Waals surface area contributed by atoms with Crippen molar-refractivity contribution in [2.75, 3.05) is 91.6 Å². The second-order valence-corrected chi connectivity index (χ2v) is 10.5. The summed E-state index contributed by atoms with van der Waals surface area (Å²) < 4.78 is 12.3. The minimum Gasteiger partial charge on any atom is -0.541 e. The predicted octanol–water partition coefficient (Wildman–Crippen LogP) is -0.890.